The van der Waals surface area contributed by atoms with Gasteiger partial charge in [0.25, 0.3) is 0 Å². The Morgan fingerprint density at radius 3 is 0.869 bits per heavy atom. The molecule has 18 heteroatoms. The lowest BCUT2D eigenvalue weighted by Crippen LogP contribution is -2.30. The predicted octanol–water partition coefficient (Wildman–Crippen LogP) is 23.0. The molecular formula is C81H144O16P2. The van der Waals surface area contributed by atoms with Crippen LogP contribution >= 0.6 is 15.6 Å². The zero-order chi connectivity index (χ0) is 72.3. The van der Waals surface area contributed by atoms with Gasteiger partial charge in [0.1, 0.15) is 25.4 Å². The van der Waals surface area contributed by atoms with E-state index in [1.165, 1.54) is 148 Å². The molecule has 5 atom stereocenters. The monoisotopic (exact) mass is 1430 g/mol. The summed E-state index contributed by atoms with van der Waals surface area (Å²) >= 11 is 0. The highest BCUT2D eigenvalue weighted by atomic mass is 31.2. The molecule has 0 aromatic rings. The van der Waals surface area contributed by atoms with Crippen LogP contribution in [0.5, 0.6) is 0 Å². The molecule has 0 aliphatic heterocycles. The first kappa shape index (κ1) is 95.5. The van der Waals surface area contributed by atoms with Crippen LogP contribution in [0.1, 0.15) is 342 Å². The number of carbonyl (C=O) groups is 3. The van der Waals surface area contributed by atoms with Crippen molar-refractivity contribution >= 4 is 33.6 Å². The number of hydrogen-bond donors (Lipinski definition) is 4. The average Bonchev–Trinajstić information content (AvgIpc) is 1.09. The molecule has 16 nitrogen and oxygen atoms in total. The van der Waals surface area contributed by atoms with E-state index in [9.17, 15) is 43.5 Å². The summed E-state index contributed by atoms with van der Waals surface area (Å²) in [6, 6.07) is 0. The van der Waals surface area contributed by atoms with Crippen molar-refractivity contribution in [2.45, 2.75) is 360 Å². The van der Waals surface area contributed by atoms with E-state index in [1.807, 2.05) is 0 Å². The van der Waals surface area contributed by atoms with Gasteiger partial charge in [-0.1, -0.05) is 298 Å². The van der Waals surface area contributed by atoms with Gasteiger partial charge in [-0.25, -0.2) is 9.13 Å². The molecule has 0 aliphatic carbocycles. The second-order valence-corrected chi connectivity index (χ2v) is 29.4. The molecule has 0 bridgehead atoms. The Bertz CT molecular complexity index is 2190. The third-order valence-electron chi connectivity index (χ3n) is 16.8. The summed E-state index contributed by atoms with van der Waals surface area (Å²) in [6.45, 7) is 2.55. The van der Waals surface area contributed by atoms with E-state index in [0.29, 0.717) is 19.3 Å². The Morgan fingerprint density at radius 2 is 0.535 bits per heavy atom. The summed E-state index contributed by atoms with van der Waals surface area (Å²) in [7, 11) is -9.78. The molecule has 0 aliphatic rings. The van der Waals surface area contributed by atoms with E-state index in [-0.39, 0.29) is 19.3 Å². The number of carbonyl (C=O) groups excluding carboxylic acids is 3. The smallest absolute Gasteiger partial charge is 0.463 e. The quantitative estimate of drug-likeness (QED) is 0.0146. The first-order valence-corrected chi connectivity index (χ1v) is 42.5. The maximum absolute atomic E-state index is 12.9. The van der Waals surface area contributed by atoms with Crippen molar-refractivity contribution in [3.63, 3.8) is 0 Å². The molecule has 0 spiro atoms. The molecule has 0 saturated carbocycles. The third-order valence-corrected chi connectivity index (χ3v) is 18.7. The number of rotatable bonds is 75. The summed E-state index contributed by atoms with van der Waals surface area (Å²) in [5.41, 5.74) is 0. The molecule has 0 amide bonds. The second-order valence-electron chi connectivity index (χ2n) is 26.5. The van der Waals surface area contributed by atoms with Crippen LogP contribution in [-0.2, 0) is 55.8 Å². The number of hydrogen-bond acceptors (Lipinski definition) is 14. The van der Waals surface area contributed by atoms with Gasteiger partial charge in [-0.3, -0.25) is 32.5 Å². The van der Waals surface area contributed by atoms with Gasteiger partial charge >= 0.3 is 33.6 Å². The highest BCUT2D eigenvalue weighted by Gasteiger charge is 2.29. The lowest BCUT2D eigenvalue weighted by molar-refractivity contribution is -0.161. The van der Waals surface area contributed by atoms with Crippen LogP contribution in [-0.4, -0.2) is 95.9 Å². The molecule has 0 fully saturated rings. The predicted molar refractivity (Wildman–Crippen MR) is 408 cm³/mol. The molecule has 0 radical (unpaired) electrons. The van der Waals surface area contributed by atoms with Gasteiger partial charge in [0.2, 0.25) is 0 Å². The van der Waals surface area contributed by atoms with Crippen LogP contribution in [0.15, 0.2) is 97.2 Å². The molecule has 0 heterocycles. The fraction of sp³-hybridized carbons (Fsp3) is 0.765. The van der Waals surface area contributed by atoms with Crippen LogP contribution < -0.4 is 0 Å². The molecule has 5 unspecified atom stereocenters. The van der Waals surface area contributed by atoms with Crippen molar-refractivity contribution in [3.05, 3.63) is 97.2 Å². The first-order chi connectivity index (χ1) is 48.2. The Balaban J connectivity index is 4.33. The average molecular weight is 1440 g/mol. The molecule has 99 heavy (non-hydrogen) atoms. The van der Waals surface area contributed by atoms with Crippen LogP contribution in [0.3, 0.4) is 0 Å². The molecule has 0 rings (SSSR count). The number of esters is 3. The van der Waals surface area contributed by atoms with Gasteiger partial charge in [-0.2, -0.15) is 0 Å². The van der Waals surface area contributed by atoms with E-state index in [1.54, 1.807) is 0 Å². The van der Waals surface area contributed by atoms with Gasteiger partial charge in [0.15, 0.2) is 6.10 Å². The van der Waals surface area contributed by atoms with Crippen LogP contribution in [0, 0.1) is 0 Å². The lowest BCUT2D eigenvalue weighted by atomic mass is 10.0. The molecule has 0 aromatic carbocycles. The van der Waals surface area contributed by atoms with E-state index < -0.39 is 91.5 Å². The first-order valence-electron chi connectivity index (χ1n) is 39.5. The van der Waals surface area contributed by atoms with E-state index in [4.69, 9.17) is 32.3 Å². The second kappa shape index (κ2) is 74.2. The van der Waals surface area contributed by atoms with Crippen LogP contribution in [0.25, 0.3) is 0 Å². The number of phosphoric acid groups is 2. The van der Waals surface area contributed by atoms with Crippen molar-refractivity contribution in [2.24, 2.45) is 0 Å². The molecule has 4 N–H and O–H groups in total. The summed E-state index contributed by atoms with van der Waals surface area (Å²) < 4.78 is 61.0. The molecule has 0 saturated heterocycles. The van der Waals surface area contributed by atoms with Gasteiger partial charge in [0.05, 0.1) is 26.4 Å². The number of phosphoric ester groups is 2. The molecular weight excluding hydrogens is 1290 g/mol. The Labute approximate surface area is 603 Å². The fourth-order valence-electron chi connectivity index (χ4n) is 10.7. The van der Waals surface area contributed by atoms with E-state index in [2.05, 4.69) is 118 Å². The Morgan fingerprint density at radius 1 is 0.293 bits per heavy atom. The SMILES string of the molecule is CC/C=C\C/C=C\C/C=C\C/C=C\C/C=C\C/C=C\CCCCCCCCCCCCCCCCCCC(=O)OCC(O)COP(=O)(O)OCC(O)COP(=O)(O)OCC(COC(=O)CCCCCCC/C=C\CCCCCCCC)OC(=O)CCCCCCC/C=C\CCCCCC. The topological polar surface area (TPSA) is 231 Å². The summed E-state index contributed by atoms with van der Waals surface area (Å²) in [6.07, 6.45) is 84.8. The van der Waals surface area contributed by atoms with Crippen molar-refractivity contribution in [3.8, 4) is 0 Å². The van der Waals surface area contributed by atoms with E-state index in [0.717, 1.165) is 135 Å². The van der Waals surface area contributed by atoms with Crippen molar-refractivity contribution in [1.82, 2.24) is 0 Å². The minimum Gasteiger partial charge on any atom is -0.463 e. The molecule has 0 aromatic heterocycles. The number of ether oxygens (including phenoxy) is 3. The largest absolute Gasteiger partial charge is 0.472 e. The van der Waals surface area contributed by atoms with Gasteiger partial charge < -0.3 is 34.2 Å². The normalized spacial score (nSPS) is 14.5. The van der Waals surface area contributed by atoms with Crippen LogP contribution in [0.2, 0.25) is 0 Å². The van der Waals surface area contributed by atoms with Gasteiger partial charge in [-0.15, -0.1) is 0 Å². The standard InChI is InChI=1S/C81H144O16P2/c1-4-7-10-13-16-19-22-25-27-28-29-30-31-32-33-34-35-36-37-38-39-40-41-42-43-44-45-46-48-51-52-55-58-61-64-67-79(84)91-70-76(82)71-93-98(87,88)94-72-77(83)73-95-99(89,90)96-75-78(97-81(86)69-66-63-60-57-54-49-24-21-18-15-12-9-6-3)74-92-80(85)68-65-62-59-56-53-50-47-26-23-20-17-14-11-8-5-2/h7,10,16,19,21,24-27,29-30,32-33,35-36,47,76-78,82-83H,4-6,8-9,11-15,17-18,20,22-23,28,31,34,37-46,48-75H2,1-3H3,(H,87,88)(H,89,90)/b10-7-,19-16-,24-21-,27-25-,30-29-,33-32-,36-35-,47-26-. The maximum atomic E-state index is 12.9. The van der Waals surface area contributed by atoms with Gasteiger partial charge in [0, 0.05) is 19.3 Å². The summed E-state index contributed by atoms with van der Waals surface area (Å²) in [5.74, 6) is -1.58. The van der Waals surface area contributed by atoms with E-state index >= 15 is 0 Å². The third kappa shape index (κ3) is 75.5. The fourth-order valence-corrected chi connectivity index (χ4v) is 12.3. The maximum Gasteiger partial charge on any atom is 0.472 e. The number of aliphatic hydroxyl groups excluding tert-OH is 2. The Kier molecular flexibility index (Phi) is 71.6. The lowest BCUT2D eigenvalue weighted by Gasteiger charge is -2.21. The summed E-state index contributed by atoms with van der Waals surface area (Å²) in [5, 5.41) is 20.6. The van der Waals surface area contributed by atoms with Crippen molar-refractivity contribution in [1.29, 1.82) is 0 Å². The van der Waals surface area contributed by atoms with Crippen molar-refractivity contribution < 1.29 is 75.8 Å². The zero-order valence-electron chi connectivity index (χ0n) is 62.6. The number of allylic oxidation sites excluding steroid dienone is 16. The highest BCUT2D eigenvalue weighted by molar-refractivity contribution is 7.47. The number of aliphatic hydroxyl groups is 2. The summed E-state index contributed by atoms with van der Waals surface area (Å²) in [4.78, 5) is 58.5. The number of unbranched alkanes of at least 4 members (excludes halogenated alkanes) is 36. The Hall–Kier alpha value is -3.53. The van der Waals surface area contributed by atoms with Gasteiger partial charge in [-0.05, 0) is 122 Å². The van der Waals surface area contributed by atoms with Crippen LogP contribution in [0.4, 0.5) is 0 Å². The highest BCUT2D eigenvalue weighted by Crippen LogP contribution is 2.45. The molecule has 574 valence electrons. The minimum absolute atomic E-state index is 0.0955. The van der Waals surface area contributed by atoms with Crippen molar-refractivity contribution in [2.75, 3.05) is 39.6 Å². The minimum atomic E-state index is -4.92. The zero-order valence-corrected chi connectivity index (χ0v) is 64.4.